The smallest absolute Gasteiger partial charge is 0.258 e. The number of nitrogens with zero attached hydrogens (tertiary/aromatic N) is 4. The lowest BCUT2D eigenvalue weighted by Crippen LogP contribution is -3.14. The molecule has 2 aromatic heterocycles. The lowest BCUT2D eigenvalue weighted by atomic mass is 9.95. The van der Waals surface area contributed by atoms with Crippen LogP contribution in [0.5, 0.6) is 5.75 Å². The fourth-order valence-corrected chi connectivity index (χ4v) is 4.43. The van der Waals surface area contributed by atoms with Crippen LogP contribution in [0.15, 0.2) is 29.1 Å². The van der Waals surface area contributed by atoms with Crippen LogP contribution in [0.4, 0.5) is 0 Å². The van der Waals surface area contributed by atoms with Crippen LogP contribution in [0.1, 0.15) is 37.2 Å². The largest absolute Gasteiger partial charge is 0.497 e. The molecule has 3 atom stereocenters. The minimum absolute atomic E-state index is 0.118. The van der Waals surface area contributed by atoms with Gasteiger partial charge in [0.15, 0.2) is 6.04 Å². The Morgan fingerprint density at radius 3 is 2.97 bits per heavy atom. The first kappa shape index (κ1) is 20.5. The van der Waals surface area contributed by atoms with Crippen molar-refractivity contribution >= 4 is 10.9 Å². The van der Waals surface area contributed by atoms with Crippen LogP contribution in [0, 0.1) is 5.92 Å². The van der Waals surface area contributed by atoms with Gasteiger partial charge in [-0.15, -0.1) is 5.10 Å². The molecule has 9 heteroatoms. The van der Waals surface area contributed by atoms with Gasteiger partial charge in [0, 0.05) is 19.1 Å². The maximum absolute atomic E-state index is 13.2. The fraction of sp³-hybridized carbons (Fsp3) is 0.524. The van der Waals surface area contributed by atoms with E-state index in [-0.39, 0.29) is 11.6 Å². The molecule has 3 heterocycles. The van der Waals surface area contributed by atoms with Crippen molar-refractivity contribution < 1.29 is 14.4 Å². The highest BCUT2D eigenvalue weighted by molar-refractivity contribution is 5.80. The standard InChI is InChI=1S/C21H28N6O3/c1-14-5-4-8-26(13-14)19(20-23-24-25-27(20)9-10-29-2)17-11-15-6-7-16(30-3)12-18(15)22-21(17)28/h6-7,11-12,14,19H,4-5,8-10,13H2,1-3H3,(H,22,28)/p+1/t14-,19+/m0/s1. The third-order valence-electron chi connectivity index (χ3n) is 5.93. The van der Waals surface area contributed by atoms with Gasteiger partial charge in [0.1, 0.15) is 5.75 Å². The van der Waals surface area contributed by atoms with Gasteiger partial charge in [-0.25, -0.2) is 4.68 Å². The van der Waals surface area contributed by atoms with Gasteiger partial charge in [-0.05, 0) is 46.9 Å². The second-order valence-electron chi connectivity index (χ2n) is 8.05. The van der Waals surface area contributed by atoms with Crippen LogP contribution in [-0.2, 0) is 11.3 Å². The van der Waals surface area contributed by atoms with Crippen molar-refractivity contribution in [1.29, 1.82) is 0 Å². The molecule has 1 unspecified atom stereocenters. The number of H-pyrrole nitrogens is 1. The summed E-state index contributed by atoms with van der Waals surface area (Å²) in [6.45, 7) is 5.26. The monoisotopic (exact) mass is 413 g/mol. The van der Waals surface area contributed by atoms with Crippen molar-refractivity contribution in [3.8, 4) is 5.75 Å². The van der Waals surface area contributed by atoms with Crippen LogP contribution in [0.2, 0.25) is 0 Å². The van der Waals surface area contributed by atoms with E-state index in [2.05, 4.69) is 27.4 Å². The molecule has 2 N–H and O–H groups in total. The summed E-state index contributed by atoms with van der Waals surface area (Å²) >= 11 is 0. The van der Waals surface area contributed by atoms with E-state index in [1.807, 2.05) is 24.3 Å². The number of rotatable bonds is 7. The highest BCUT2D eigenvalue weighted by atomic mass is 16.5. The molecule has 4 rings (SSSR count). The Bertz CT molecular complexity index is 1060. The van der Waals surface area contributed by atoms with Gasteiger partial charge in [0.05, 0.1) is 44.4 Å². The van der Waals surface area contributed by atoms with Crippen molar-refractivity contribution in [2.45, 2.75) is 32.4 Å². The number of aromatic nitrogens is 5. The van der Waals surface area contributed by atoms with Crippen molar-refractivity contribution in [2.24, 2.45) is 5.92 Å². The maximum Gasteiger partial charge on any atom is 0.258 e. The van der Waals surface area contributed by atoms with Gasteiger partial charge in [-0.2, -0.15) is 0 Å². The average molecular weight is 414 g/mol. The molecule has 1 aliphatic rings. The van der Waals surface area contributed by atoms with Crippen LogP contribution >= 0.6 is 0 Å². The van der Waals surface area contributed by atoms with Crippen LogP contribution < -0.4 is 15.2 Å². The molecule has 0 saturated carbocycles. The van der Waals surface area contributed by atoms with E-state index in [4.69, 9.17) is 9.47 Å². The van der Waals surface area contributed by atoms with Gasteiger partial charge < -0.3 is 19.4 Å². The number of nitrogens with one attached hydrogen (secondary N) is 2. The zero-order valence-corrected chi connectivity index (χ0v) is 17.7. The number of hydrogen-bond donors (Lipinski definition) is 2. The molecule has 0 amide bonds. The molecule has 0 bridgehead atoms. The number of likely N-dealkylation sites (tertiary alicyclic amines) is 1. The number of pyridine rings is 1. The average Bonchev–Trinajstić information content (AvgIpc) is 3.20. The van der Waals surface area contributed by atoms with Crippen molar-refractivity contribution in [2.75, 3.05) is 33.9 Å². The predicted molar refractivity (Wildman–Crippen MR) is 112 cm³/mol. The highest BCUT2D eigenvalue weighted by Crippen LogP contribution is 2.22. The van der Waals surface area contributed by atoms with Crippen molar-refractivity contribution in [3.63, 3.8) is 0 Å². The van der Waals surface area contributed by atoms with E-state index in [1.165, 1.54) is 11.3 Å². The number of benzene rings is 1. The minimum Gasteiger partial charge on any atom is -0.497 e. The zero-order valence-electron chi connectivity index (χ0n) is 17.7. The Kier molecular flexibility index (Phi) is 6.10. The summed E-state index contributed by atoms with van der Waals surface area (Å²) in [6, 6.07) is 7.44. The zero-order chi connectivity index (χ0) is 21.1. The Morgan fingerprint density at radius 2 is 2.20 bits per heavy atom. The van der Waals surface area contributed by atoms with Crippen LogP contribution in [0.25, 0.3) is 10.9 Å². The Hall–Kier alpha value is -2.78. The van der Waals surface area contributed by atoms with Gasteiger partial charge in [0.2, 0.25) is 5.82 Å². The van der Waals surface area contributed by atoms with Crippen molar-refractivity contribution in [1.82, 2.24) is 25.2 Å². The van der Waals surface area contributed by atoms with E-state index >= 15 is 0 Å². The molecule has 9 nitrogen and oxygen atoms in total. The Labute approximate surface area is 175 Å². The van der Waals surface area contributed by atoms with E-state index in [1.54, 1.807) is 18.9 Å². The topological polar surface area (TPSA) is 99.4 Å². The quantitative estimate of drug-likeness (QED) is 0.588. The first-order valence-corrected chi connectivity index (χ1v) is 10.4. The predicted octanol–water partition coefficient (Wildman–Crippen LogP) is 0.574. The summed E-state index contributed by atoms with van der Waals surface area (Å²) in [5, 5.41) is 13.4. The Balaban J connectivity index is 1.82. The third-order valence-corrected chi connectivity index (χ3v) is 5.93. The summed E-state index contributed by atoms with van der Waals surface area (Å²) in [4.78, 5) is 17.6. The first-order valence-electron chi connectivity index (χ1n) is 10.4. The molecule has 160 valence electrons. The number of quaternary nitrogens is 1. The first-order chi connectivity index (χ1) is 14.6. The van der Waals surface area contributed by atoms with Crippen molar-refractivity contribution in [3.05, 3.63) is 46.0 Å². The Morgan fingerprint density at radius 1 is 1.33 bits per heavy atom. The summed E-state index contributed by atoms with van der Waals surface area (Å²) < 4.78 is 12.3. The second kappa shape index (κ2) is 8.93. The molecule has 0 radical (unpaired) electrons. The molecular formula is C21H29N6O3+. The maximum atomic E-state index is 13.2. The van der Waals surface area contributed by atoms with Gasteiger partial charge in [-0.1, -0.05) is 6.92 Å². The summed E-state index contributed by atoms with van der Waals surface area (Å²) in [5.41, 5.74) is 1.32. The number of tetrazole rings is 1. The lowest BCUT2D eigenvalue weighted by molar-refractivity contribution is -0.934. The molecule has 3 aromatic rings. The molecule has 1 fully saturated rings. The molecule has 30 heavy (non-hydrogen) atoms. The van der Waals surface area contributed by atoms with E-state index in [0.29, 0.717) is 36.2 Å². The minimum atomic E-state index is -0.241. The summed E-state index contributed by atoms with van der Waals surface area (Å²) in [5.74, 6) is 2.00. The highest BCUT2D eigenvalue weighted by Gasteiger charge is 2.36. The van der Waals surface area contributed by atoms with Gasteiger partial charge >= 0.3 is 0 Å². The second-order valence-corrected chi connectivity index (χ2v) is 8.05. The number of piperidine rings is 1. The van der Waals surface area contributed by atoms with Gasteiger partial charge in [0.25, 0.3) is 5.56 Å². The third kappa shape index (κ3) is 4.08. The lowest BCUT2D eigenvalue weighted by Gasteiger charge is -2.33. The number of ether oxygens (including phenoxy) is 2. The number of fused-ring (bicyclic) bond motifs is 1. The summed E-state index contributed by atoms with van der Waals surface area (Å²) in [7, 11) is 3.27. The molecular weight excluding hydrogens is 384 g/mol. The number of methoxy groups -OCH3 is 2. The molecule has 0 spiro atoms. The van der Waals surface area contributed by atoms with Gasteiger partial charge in [-0.3, -0.25) is 4.79 Å². The van der Waals surface area contributed by atoms with E-state index < -0.39 is 0 Å². The number of hydrogen-bond acceptors (Lipinski definition) is 6. The molecule has 1 aliphatic heterocycles. The SMILES string of the molecule is COCCn1nnnc1[C@@H](c1cc2ccc(OC)cc2[nH]c1=O)[NH+]1CCC[C@H](C)C1. The summed E-state index contributed by atoms with van der Waals surface area (Å²) in [6.07, 6.45) is 2.33. The molecule has 1 saturated heterocycles. The van der Waals surface area contributed by atoms with Crippen LogP contribution in [0.3, 0.4) is 0 Å². The molecule has 1 aromatic carbocycles. The van der Waals surface area contributed by atoms with E-state index in [9.17, 15) is 4.79 Å². The molecule has 0 aliphatic carbocycles. The fourth-order valence-electron chi connectivity index (χ4n) is 4.43. The van der Waals surface area contributed by atoms with E-state index in [0.717, 1.165) is 30.4 Å². The normalized spacial score (nSPS) is 20.4. The van der Waals surface area contributed by atoms with Crippen LogP contribution in [-0.4, -0.2) is 59.1 Å². The number of aromatic amines is 1.